The van der Waals surface area contributed by atoms with Gasteiger partial charge in [0.2, 0.25) is 0 Å². The van der Waals surface area contributed by atoms with E-state index in [1.807, 2.05) is 0 Å². The summed E-state index contributed by atoms with van der Waals surface area (Å²) in [6.45, 7) is 13.9. The van der Waals surface area contributed by atoms with Crippen molar-refractivity contribution in [3.05, 3.63) is 64.2 Å². The Hall–Kier alpha value is -1.32. The Morgan fingerprint density at radius 2 is 0.955 bits per heavy atom. The maximum Gasteiger partial charge on any atom is 0.457 e. The lowest BCUT2D eigenvalue weighted by Gasteiger charge is -2.28. The van der Waals surface area contributed by atoms with E-state index >= 15 is 0 Å². The Morgan fingerprint density at radius 3 is 1.32 bits per heavy atom. The van der Waals surface area contributed by atoms with Gasteiger partial charge in [-0.25, -0.2) is 0 Å². The Bertz CT molecular complexity index is 609. The van der Waals surface area contributed by atoms with Crippen LogP contribution in [0.25, 0.3) is 0 Å². The molecule has 0 aromatic rings. The van der Waals surface area contributed by atoms with E-state index in [2.05, 4.69) is 46.4 Å². The molecule has 1 atom stereocenters. The smallest absolute Gasteiger partial charge is 0.439 e. The van der Waals surface area contributed by atoms with Gasteiger partial charge in [-0.3, -0.25) is 0 Å². The molecule has 0 bridgehead atoms. The van der Waals surface area contributed by atoms with Gasteiger partial charge in [-0.05, 0) is 11.2 Å². The van der Waals surface area contributed by atoms with Gasteiger partial charge in [0.1, 0.15) is 0 Å². The van der Waals surface area contributed by atoms with Gasteiger partial charge in [0.25, 0.3) is 0 Å². The predicted molar refractivity (Wildman–Crippen MR) is 90.3 cm³/mol. The molecule has 0 aliphatic carbocycles. The van der Waals surface area contributed by atoms with Crippen molar-refractivity contribution in [2.45, 2.75) is 0 Å². The van der Waals surface area contributed by atoms with Crippen molar-refractivity contribution in [3.63, 3.8) is 0 Å². The second-order valence-electron chi connectivity index (χ2n) is 3.08. The third-order valence-corrected chi connectivity index (χ3v) is 10.7. The first-order chi connectivity index (χ1) is 10.4. The Morgan fingerprint density at radius 1 is 0.591 bits per heavy atom. The largest absolute Gasteiger partial charge is 0.457 e. The summed E-state index contributed by atoms with van der Waals surface area (Å²) in [5.74, 6) is 0. The molecule has 0 fully saturated rings. The highest BCUT2D eigenvalue weighted by Gasteiger charge is 2.43. The third-order valence-electron chi connectivity index (χ3n) is 1.73. The SMILES string of the molecule is C=COP1(Cl)=NP(OC=C)(OC=C)=NP(OC=C)(OC=C)=N1. The van der Waals surface area contributed by atoms with E-state index in [0.717, 1.165) is 31.3 Å². The maximum absolute atomic E-state index is 6.31. The molecule has 0 saturated carbocycles. The van der Waals surface area contributed by atoms with Crippen molar-refractivity contribution >= 4 is 33.3 Å². The topological polar surface area (TPSA) is 83.2 Å². The molecule has 0 amide bonds. The molecular weight excluding hydrogens is 371 g/mol. The molecule has 1 aliphatic rings. The van der Waals surface area contributed by atoms with Gasteiger partial charge in [0.05, 0.1) is 31.3 Å². The summed E-state index contributed by atoms with van der Waals surface area (Å²) < 4.78 is 39.0. The van der Waals surface area contributed by atoms with Crippen molar-refractivity contribution in [2.24, 2.45) is 13.5 Å². The second kappa shape index (κ2) is 7.80. The van der Waals surface area contributed by atoms with Crippen LogP contribution in [0.1, 0.15) is 0 Å². The standard InChI is InChI=1S/C10H15ClN3O5P3/c1-6-15-20(11)12-21(16-7-2,17-8-3)14-22(13-20,18-9-4)19-10-5/h6-10H,1-5H2. The fourth-order valence-electron chi connectivity index (χ4n) is 1.22. The van der Waals surface area contributed by atoms with Crippen molar-refractivity contribution < 1.29 is 22.6 Å². The van der Waals surface area contributed by atoms with Gasteiger partial charge in [0.15, 0.2) is 0 Å². The summed E-state index contributed by atoms with van der Waals surface area (Å²) in [5.41, 5.74) is 0. The lowest BCUT2D eigenvalue weighted by atomic mass is 11.2. The predicted octanol–water partition coefficient (Wildman–Crippen LogP) is 6.88. The van der Waals surface area contributed by atoms with Crippen LogP contribution in [-0.2, 0) is 22.6 Å². The lowest BCUT2D eigenvalue weighted by molar-refractivity contribution is 0.380. The van der Waals surface area contributed by atoms with E-state index in [4.69, 9.17) is 33.9 Å². The fourth-order valence-corrected chi connectivity index (χ4v) is 10.4. The first kappa shape index (κ1) is 18.7. The van der Waals surface area contributed by atoms with E-state index in [0.29, 0.717) is 0 Å². The average Bonchev–Trinajstić information content (AvgIpc) is 2.38. The van der Waals surface area contributed by atoms with Crippen molar-refractivity contribution in [1.82, 2.24) is 0 Å². The van der Waals surface area contributed by atoms with Gasteiger partial charge in [-0.15, -0.1) is 9.03 Å². The Labute approximate surface area is 134 Å². The molecule has 122 valence electrons. The summed E-state index contributed by atoms with van der Waals surface area (Å²) in [5, 5.41) is 0. The number of hydrogen-bond donors (Lipinski definition) is 0. The van der Waals surface area contributed by atoms with Gasteiger partial charge >= 0.3 is 22.1 Å². The van der Waals surface area contributed by atoms with Crippen molar-refractivity contribution in [3.8, 4) is 0 Å². The molecule has 1 unspecified atom stereocenters. The van der Waals surface area contributed by atoms with Crippen molar-refractivity contribution in [2.75, 3.05) is 0 Å². The highest BCUT2D eigenvalue weighted by atomic mass is 35.7. The zero-order valence-corrected chi connectivity index (χ0v) is 15.0. The quantitative estimate of drug-likeness (QED) is 0.302. The van der Waals surface area contributed by atoms with Gasteiger partial charge in [0, 0.05) is 0 Å². The molecule has 0 aromatic heterocycles. The van der Waals surface area contributed by atoms with E-state index in [1.165, 1.54) is 0 Å². The maximum atomic E-state index is 6.31. The molecule has 0 radical (unpaired) electrons. The fraction of sp³-hybridized carbons (Fsp3) is 0. The molecule has 1 heterocycles. The normalized spacial score (nSPS) is 23.9. The van der Waals surface area contributed by atoms with Crippen LogP contribution in [0.15, 0.2) is 77.8 Å². The van der Waals surface area contributed by atoms with Crippen LogP contribution in [-0.4, -0.2) is 0 Å². The Kier molecular flexibility index (Phi) is 6.64. The molecule has 8 nitrogen and oxygen atoms in total. The van der Waals surface area contributed by atoms with E-state index in [1.54, 1.807) is 0 Å². The average molecular weight is 386 g/mol. The summed E-state index contributed by atoms with van der Waals surface area (Å²) in [6, 6.07) is 0. The summed E-state index contributed by atoms with van der Waals surface area (Å²) in [6.07, 6.45) is 5.48. The number of nitrogens with zero attached hydrogens (tertiary/aromatic N) is 3. The molecule has 0 saturated heterocycles. The molecule has 0 spiro atoms. The Balaban J connectivity index is 3.73. The molecular formula is C10H15ClN3O5P3. The summed E-state index contributed by atoms with van der Waals surface area (Å²) in [4.78, 5) is 0. The minimum Gasteiger partial charge on any atom is -0.439 e. The first-order valence-corrected chi connectivity index (χ1v) is 11.1. The highest BCUT2D eigenvalue weighted by molar-refractivity contribution is 7.94. The third kappa shape index (κ3) is 4.34. The number of rotatable bonds is 10. The summed E-state index contributed by atoms with van der Waals surface area (Å²) >= 11 is 6.31. The minimum absolute atomic E-state index is 1.09. The molecule has 1 aliphatic heterocycles. The second-order valence-corrected chi connectivity index (χ2v) is 10.5. The monoisotopic (exact) mass is 385 g/mol. The van der Waals surface area contributed by atoms with E-state index in [9.17, 15) is 0 Å². The van der Waals surface area contributed by atoms with Gasteiger partial charge < -0.3 is 22.6 Å². The molecule has 22 heavy (non-hydrogen) atoms. The lowest BCUT2D eigenvalue weighted by Crippen LogP contribution is -1.93. The molecule has 12 heteroatoms. The van der Waals surface area contributed by atoms with Crippen LogP contribution >= 0.6 is 33.3 Å². The zero-order valence-electron chi connectivity index (χ0n) is 11.5. The van der Waals surface area contributed by atoms with Crippen LogP contribution in [0.4, 0.5) is 0 Å². The van der Waals surface area contributed by atoms with Crippen LogP contribution < -0.4 is 0 Å². The molecule has 0 N–H and O–H groups in total. The van der Waals surface area contributed by atoms with E-state index in [-0.39, 0.29) is 0 Å². The van der Waals surface area contributed by atoms with Gasteiger partial charge in [-0.1, -0.05) is 37.4 Å². The number of hydrogen-bond acceptors (Lipinski definition) is 8. The highest BCUT2D eigenvalue weighted by Crippen LogP contribution is 2.82. The molecule has 1 rings (SSSR count). The van der Waals surface area contributed by atoms with Crippen LogP contribution in [0.5, 0.6) is 0 Å². The van der Waals surface area contributed by atoms with Gasteiger partial charge in [-0.2, -0.15) is 0 Å². The van der Waals surface area contributed by atoms with Crippen molar-refractivity contribution in [1.29, 1.82) is 0 Å². The zero-order chi connectivity index (χ0) is 16.7. The van der Waals surface area contributed by atoms with Crippen LogP contribution in [0.3, 0.4) is 0 Å². The summed E-state index contributed by atoms with van der Waals surface area (Å²) in [7, 11) is -6.71. The van der Waals surface area contributed by atoms with Crippen LogP contribution in [0, 0.1) is 0 Å². The van der Waals surface area contributed by atoms with E-state index < -0.39 is 22.1 Å². The number of halogens is 1. The molecule has 0 aromatic carbocycles. The van der Waals surface area contributed by atoms with Crippen LogP contribution in [0.2, 0.25) is 0 Å². The minimum atomic E-state index is -3.35. The first-order valence-electron chi connectivity index (χ1n) is 5.50.